The molecule has 0 saturated heterocycles. The van der Waals surface area contributed by atoms with Gasteiger partial charge in [0, 0.05) is 6.42 Å². The van der Waals surface area contributed by atoms with Crippen LogP contribution < -0.4 is 0 Å². The molecule has 104 valence electrons. The molecule has 0 saturated carbocycles. The second-order valence-electron chi connectivity index (χ2n) is 6.22. The molecule has 0 spiro atoms. The fourth-order valence-corrected chi connectivity index (χ4v) is 3.41. The van der Waals surface area contributed by atoms with Crippen LogP contribution in [0.15, 0.2) is 42.5 Å². The zero-order valence-corrected chi connectivity index (χ0v) is 12.3. The van der Waals surface area contributed by atoms with E-state index in [0.29, 0.717) is 6.42 Å². The summed E-state index contributed by atoms with van der Waals surface area (Å²) in [7, 11) is 0. The summed E-state index contributed by atoms with van der Waals surface area (Å²) in [5.41, 5.74) is 5.57. The number of hydrogen-bond donors (Lipinski definition) is 1. The molecule has 0 fully saturated rings. The van der Waals surface area contributed by atoms with Crippen molar-refractivity contribution in [3.63, 3.8) is 0 Å². The van der Waals surface area contributed by atoms with Crippen molar-refractivity contribution in [2.24, 2.45) is 0 Å². The van der Waals surface area contributed by atoms with Crippen molar-refractivity contribution in [1.29, 1.82) is 0 Å². The third-order valence-electron chi connectivity index (χ3n) is 4.44. The fourth-order valence-electron chi connectivity index (χ4n) is 3.41. The molecule has 0 aliphatic heterocycles. The van der Waals surface area contributed by atoms with Crippen LogP contribution in [0.4, 0.5) is 0 Å². The van der Waals surface area contributed by atoms with Crippen molar-refractivity contribution in [3.05, 3.63) is 70.3 Å². The van der Waals surface area contributed by atoms with Gasteiger partial charge >= 0.3 is 0 Å². The number of hydrogen-bond acceptors (Lipinski definition) is 1. The summed E-state index contributed by atoms with van der Waals surface area (Å²) in [6.07, 6.45) is 4.34. The van der Waals surface area contributed by atoms with Crippen LogP contribution in [0.3, 0.4) is 0 Å². The van der Waals surface area contributed by atoms with Gasteiger partial charge in [-0.05, 0) is 60.9 Å². The van der Waals surface area contributed by atoms with Crippen LogP contribution in [0.2, 0.25) is 0 Å². The molecule has 2 aromatic rings. The largest absolute Gasteiger partial charge is 0.385 e. The van der Waals surface area contributed by atoms with Gasteiger partial charge in [0.05, 0.1) is 5.60 Å². The van der Waals surface area contributed by atoms with Gasteiger partial charge in [0.25, 0.3) is 0 Å². The lowest BCUT2D eigenvalue weighted by Crippen LogP contribution is -2.25. The fraction of sp³-hybridized carbons (Fsp3) is 0.368. The highest BCUT2D eigenvalue weighted by Gasteiger charge is 2.25. The van der Waals surface area contributed by atoms with Crippen LogP contribution in [-0.2, 0) is 24.9 Å². The summed E-state index contributed by atoms with van der Waals surface area (Å²) in [4.78, 5) is 0. The Hall–Kier alpha value is -1.60. The summed E-state index contributed by atoms with van der Waals surface area (Å²) >= 11 is 0. The van der Waals surface area contributed by atoms with Gasteiger partial charge in [-0.3, -0.25) is 0 Å². The maximum atomic E-state index is 10.9. The van der Waals surface area contributed by atoms with Gasteiger partial charge in [-0.15, -0.1) is 0 Å². The average molecular weight is 266 g/mol. The Labute approximate surface area is 121 Å². The quantitative estimate of drug-likeness (QED) is 0.892. The molecule has 1 heteroatoms. The van der Waals surface area contributed by atoms with E-state index in [1.165, 1.54) is 36.0 Å². The van der Waals surface area contributed by atoms with Gasteiger partial charge in [0.15, 0.2) is 0 Å². The van der Waals surface area contributed by atoms with E-state index < -0.39 is 5.60 Å². The standard InChI is InChI=1S/C19H22O/c1-14-6-3-4-9-18(14)19(2,20)13-15-10-11-16-7-5-8-17(16)12-15/h3-4,6,9-12,20H,5,7-8,13H2,1-2H3. The number of aliphatic hydroxyl groups is 1. The van der Waals surface area contributed by atoms with Crippen molar-refractivity contribution in [2.75, 3.05) is 0 Å². The van der Waals surface area contributed by atoms with E-state index in [1.54, 1.807) is 0 Å². The predicted molar refractivity (Wildman–Crippen MR) is 82.9 cm³/mol. The Balaban J connectivity index is 1.88. The van der Waals surface area contributed by atoms with E-state index in [4.69, 9.17) is 0 Å². The van der Waals surface area contributed by atoms with E-state index in [-0.39, 0.29) is 0 Å². The lowest BCUT2D eigenvalue weighted by atomic mass is 9.86. The Morgan fingerprint density at radius 1 is 1.05 bits per heavy atom. The Bertz CT molecular complexity index is 625. The third kappa shape index (κ3) is 2.51. The molecule has 2 aromatic carbocycles. The third-order valence-corrected chi connectivity index (χ3v) is 4.44. The average Bonchev–Trinajstić information content (AvgIpc) is 2.86. The molecule has 1 aliphatic carbocycles. The monoisotopic (exact) mass is 266 g/mol. The topological polar surface area (TPSA) is 20.2 Å². The van der Waals surface area contributed by atoms with E-state index >= 15 is 0 Å². The number of rotatable bonds is 3. The van der Waals surface area contributed by atoms with Gasteiger partial charge in [-0.1, -0.05) is 42.5 Å². The SMILES string of the molecule is Cc1ccccc1C(C)(O)Cc1ccc2c(c1)CCC2. The van der Waals surface area contributed by atoms with Crippen LogP contribution in [0, 0.1) is 6.92 Å². The zero-order chi connectivity index (χ0) is 14.2. The predicted octanol–water partition coefficient (Wildman–Crippen LogP) is 3.93. The van der Waals surface area contributed by atoms with E-state index in [9.17, 15) is 5.11 Å². The summed E-state index contributed by atoms with van der Waals surface area (Å²) < 4.78 is 0. The molecule has 1 unspecified atom stereocenters. The van der Waals surface area contributed by atoms with E-state index in [1.807, 2.05) is 25.1 Å². The first-order valence-electron chi connectivity index (χ1n) is 7.45. The second kappa shape index (κ2) is 5.06. The maximum Gasteiger partial charge on any atom is 0.0911 e. The number of benzene rings is 2. The maximum absolute atomic E-state index is 10.9. The van der Waals surface area contributed by atoms with Crippen LogP contribution in [-0.4, -0.2) is 5.11 Å². The van der Waals surface area contributed by atoms with Crippen molar-refractivity contribution >= 4 is 0 Å². The molecule has 1 aliphatic rings. The lowest BCUT2D eigenvalue weighted by Gasteiger charge is -2.26. The Kier molecular flexibility index (Phi) is 3.39. The van der Waals surface area contributed by atoms with E-state index in [0.717, 1.165) is 11.1 Å². The number of fused-ring (bicyclic) bond motifs is 1. The van der Waals surface area contributed by atoms with Crippen molar-refractivity contribution in [2.45, 2.75) is 45.1 Å². The molecule has 3 rings (SSSR count). The number of aryl methyl sites for hydroxylation is 3. The van der Waals surface area contributed by atoms with Gasteiger partial charge in [-0.2, -0.15) is 0 Å². The van der Waals surface area contributed by atoms with Gasteiger partial charge in [0.2, 0.25) is 0 Å². The highest BCUT2D eigenvalue weighted by molar-refractivity contribution is 5.38. The molecular weight excluding hydrogens is 244 g/mol. The first kappa shape index (κ1) is 13.4. The smallest absolute Gasteiger partial charge is 0.0911 e. The molecule has 0 aromatic heterocycles. The summed E-state index contributed by atoms with van der Waals surface area (Å²) in [5, 5.41) is 10.9. The summed E-state index contributed by atoms with van der Waals surface area (Å²) in [5.74, 6) is 0. The van der Waals surface area contributed by atoms with Crippen LogP contribution in [0.25, 0.3) is 0 Å². The van der Waals surface area contributed by atoms with Gasteiger partial charge in [0.1, 0.15) is 0 Å². The molecule has 0 amide bonds. The Morgan fingerprint density at radius 3 is 2.60 bits per heavy atom. The molecule has 20 heavy (non-hydrogen) atoms. The second-order valence-corrected chi connectivity index (χ2v) is 6.22. The lowest BCUT2D eigenvalue weighted by molar-refractivity contribution is 0.0570. The van der Waals surface area contributed by atoms with Crippen LogP contribution >= 0.6 is 0 Å². The van der Waals surface area contributed by atoms with Crippen LogP contribution in [0.1, 0.15) is 41.2 Å². The normalized spacial score (nSPS) is 16.8. The minimum absolute atomic E-state index is 0.672. The highest BCUT2D eigenvalue weighted by Crippen LogP contribution is 2.30. The van der Waals surface area contributed by atoms with Crippen molar-refractivity contribution < 1.29 is 5.11 Å². The molecule has 0 bridgehead atoms. The molecule has 1 N–H and O–H groups in total. The molecular formula is C19H22O. The van der Waals surface area contributed by atoms with E-state index in [2.05, 4.69) is 31.2 Å². The molecule has 0 heterocycles. The van der Waals surface area contributed by atoms with Crippen molar-refractivity contribution in [1.82, 2.24) is 0 Å². The zero-order valence-electron chi connectivity index (χ0n) is 12.3. The summed E-state index contributed by atoms with van der Waals surface area (Å²) in [6, 6.07) is 14.8. The first-order valence-corrected chi connectivity index (χ1v) is 7.45. The van der Waals surface area contributed by atoms with Crippen molar-refractivity contribution in [3.8, 4) is 0 Å². The first-order chi connectivity index (χ1) is 9.56. The minimum Gasteiger partial charge on any atom is -0.385 e. The van der Waals surface area contributed by atoms with Gasteiger partial charge < -0.3 is 5.11 Å². The molecule has 0 radical (unpaired) electrons. The van der Waals surface area contributed by atoms with Crippen LogP contribution in [0.5, 0.6) is 0 Å². The van der Waals surface area contributed by atoms with Gasteiger partial charge in [-0.25, -0.2) is 0 Å². The minimum atomic E-state index is -0.807. The Morgan fingerprint density at radius 2 is 1.80 bits per heavy atom. The summed E-state index contributed by atoms with van der Waals surface area (Å²) in [6.45, 7) is 3.98. The highest BCUT2D eigenvalue weighted by atomic mass is 16.3. The molecule has 1 atom stereocenters. The molecule has 1 nitrogen and oxygen atoms in total.